The van der Waals surface area contributed by atoms with Crippen LogP contribution in [0.5, 0.6) is 11.5 Å². The van der Waals surface area contributed by atoms with E-state index in [4.69, 9.17) is 32.7 Å². The fraction of sp³-hybridized carbons (Fsp3) is 0.160. The fourth-order valence-corrected chi connectivity index (χ4v) is 4.55. The van der Waals surface area contributed by atoms with Crippen LogP contribution in [0.15, 0.2) is 66.5 Å². The van der Waals surface area contributed by atoms with Gasteiger partial charge in [0.05, 0.1) is 36.4 Å². The first-order chi connectivity index (χ1) is 16.3. The molecule has 174 valence electrons. The molecule has 4 rings (SSSR count). The Hall–Kier alpha value is -3.55. The first-order valence-electron chi connectivity index (χ1n) is 10.2. The summed E-state index contributed by atoms with van der Waals surface area (Å²) in [5, 5.41) is 11.7. The summed E-state index contributed by atoms with van der Waals surface area (Å²) in [6, 6.07) is 12.5. The monoisotopic (exact) mass is 498 g/mol. The highest BCUT2D eigenvalue weighted by molar-refractivity contribution is 6.46. The maximum Gasteiger partial charge on any atom is 0.295 e. The number of ketones is 1. The van der Waals surface area contributed by atoms with Crippen molar-refractivity contribution in [3.63, 3.8) is 0 Å². The van der Waals surface area contributed by atoms with E-state index in [1.165, 1.54) is 31.3 Å². The minimum Gasteiger partial charge on any atom is -0.507 e. The SMILES string of the molecule is COc1cccc(C2/C(=C(\O)c3cc(Cl)cc(Cl)c3OC)C(=O)C(=O)N2Cc2cccnc2)c1. The van der Waals surface area contributed by atoms with E-state index < -0.39 is 23.5 Å². The number of halogens is 2. The Morgan fingerprint density at radius 2 is 1.88 bits per heavy atom. The van der Waals surface area contributed by atoms with Crippen LogP contribution in [0.1, 0.15) is 22.7 Å². The van der Waals surface area contributed by atoms with E-state index in [-0.39, 0.29) is 33.5 Å². The van der Waals surface area contributed by atoms with Crippen LogP contribution in [0, 0.1) is 0 Å². The maximum absolute atomic E-state index is 13.3. The van der Waals surface area contributed by atoms with E-state index in [1.54, 1.807) is 48.8 Å². The lowest BCUT2D eigenvalue weighted by Gasteiger charge is -2.25. The van der Waals surface area contributed by atoms with Gasteiger partial charge < -0.3 is 19.5 Å². The molecule has 1 aliphatic rings. The summed E-state index contributed by atoms with van der Waals surface area (Å²) in [5.41, 5.74) is 1.29. The van der Waals surface area contributed by atoms with Gasteiger partial charge in [-0.25, -0.2) is 0 Å². The van der Waals surface area contributed by atoms with Gasteiger partial charge in [-0.1, -0.05) is 41.4 Å². The van der Waals surface area contributed by atoms with E-state index in [0.717, 1.165) is 5.56 Å². The number of nitrogens with zero attached hydrogens (tertiary/aromatic N) is 2. The molecule has 1 unspecified atom stereocenters. The van der Waals surface area contributed by atoms with E-state index in [0.29, 0.717) is 11.3 Å². The van der Waals surface area contributed by atoms with Gasteiger partial charge in [-0.3, -0.25) is 14.6 Å². The van der Waals surface area contributed by atoms with Crippen molar-refractivity contribution in [2.45, 2.75) is 12.6 Å². The topological polar surface area (TPSA) is 89.0 Å². The summed E-state index contributed by atoms with van der Waals surface area (Å²) in [7, 11) is 2.90. The third-order valence-corrected chi connectivity index (χ3v) is 5.99. The highest BCUT2D eigenvalue weighted by atomic mass is 35.5. The van der Waals surface area contributed by atoms with E-state index in [2.05, 4.69) is 4.98 Å². The molecule has 0 radical (unpaired) electrons. The number of aliphatic hydroxyl groups is 1. The van der Waals surface area contributed by atoms with Crippen molar-refractivity contribution in [2.24, 2.45) is 0 Å². The second kappa shape index (κ2) is 9.75. The summed E-state index contributed by atoms with van der Waals surface area (Å²) in [5.74, 6) is -1.38. The first kappa shape index (κ1) is 23.6. The third-order valence-electron chi connectivity index (χ3n) is 5.49. The van der Waals surface area contributed by atoms with Gasteiger partial charge in [0.25, 0.3) is 11.7 Å². The van der Waals surface area contributed by atoms with Crippen molar-refractivity contribution in [1.82, 2.24) is 9.88 Å². The van der Waals surface area contributed by atoms with E-state index in [9.17, 15) is 14.7 Å². The van der Waals surface area contributed by atoms with Gasteiger partial charge in [0.15, 0.2) is 0 Å². The Bertz CT molecular complexity index is 1290. The van der Waals surface area contributed by atoms with Gasteiger partial charge in [-0.2, -0.15) is 0 Å². The quantitative estimate of drug-likeness (QED) is 0.291. The fourth-order valence-electron chi connectivity index (χ4n) is 3.98. The van der Waals surface area contributed by atoms with E-state index >= 15 is 0 Å². The normalized spacial score (nSPS) is 17.2. The highest BCUT2D eigenvalue weighted by Gasteiger charge is 2.46. The van der Waals surface area contributed by atoms with Gasteiger partial charge in [0.1, 0.15) is 17.3 Å². The Labute approximate surface area is 206 Å². The third kappa shape index (κ3) is 4.32. The van der Waals surface area contributed by atoms with Crippen LogP contribution in [0.25, 0.3) is 5.76 Å². The molecule has 1 fully saturated rings. The number of carbonyl (C=O) groups is 2. The predicted molar refractivity (Wildman–Crippen MR) is 128 cm³/mol. The van der Waals surface area contributed by atoms with Crippen molar-refractivity contribution in [1.29, 1.82) is 0 Å². The summed E-state index contributed by atoms with van der Waals surface area (Å²) >= 11 is 12.4. The molecular weight excluding hydrogens is 479 g/mol. The van der Waals surface area contributed by atoms with Crippen LogP contribution in [-0.2, 0) is 16.1 Å². The van der Waals surface area contributed by atoms with Crippen molar-refractivity contribution >= 4 is 40.7 Å². The molecule has 34 heavy (non-hydrogen) atoms. The van der Waals surface area contributed by atoms with Crippen molar-refractivity contribution in [3.05, 3.63) is 93.2 Å². The molecule has 2 heterocycles. The number of aromatic nitrogens is 1. The largest absolute Gasteiger partial charge is 0.507 e. The smallest absolute Gasteiger partial charge is 0.295 e. The van der Waals surface area contributed by atoms with Gasteiger partial charge in [-0.05, 0) is 41.5 Å². The number of hydrogen-bond acceptors (Lipinski definition) is 6. The summed E-state index contributed by atoms with van der Waals surface area (Å²) in [6.45, 7) is 0.102. The van der Waals surface area contributed by atoms with Gasteiger partial charge >= 0.3 is 0 Å². The summed E-state index contributed by atoms with van der Waals surface area (Å²) in [4.78, 5) is 31.9. The molecule has 3 aromatic rings. The number of pyridine rings is 1. The van der Waals surface area contributed by atoms with Crippen molar-refractivity contribution in [3.8, 4) is 11.5 Å². The zero-order chi connectivity index (χ0) is 24.4. The van der Waals surface area contributed by atoms with Gasteiger partial charge in [0, 0.05) is 24.0 Å². The van der Waals surface area contributed by atoms with Gasteiger partial charge in [0.2, 0.25) is 0 Å². The Morgan fingerprint density at radius 1 is 1.09 bits per heavy atom. The molecule has 2 aromatic carbocycles. The molecule has 0 spiro atoms. The molecule has 7 nitrogen and oxygen atoms in total. The van der Waals surface area contributed by atoms with Crippen LogP contribution in [-0.4, -0.2) is 40.9 Å². The molecule has 0 saturated carbocycles. The second-order valence-electron chi connectivity index (χ2n) is 7.53. The molecule has 1 N–H and O–H groups in total. The summed E-state index contributed by atoms with van der Waals surface area (Å²) in [6.07, 6.45) is 3.23. The Kier molecular flexibility index (Phi) is 6.77. The predicted octanol–water partition coefficient (Wildman–Crippen LogP) is 5.03. The number of ether oxygens (including phenoxy) is 2. The molecule has 0 bridgehead atoms. The average molecular weight is 499 g/mol. The van der Waals surface area contributed by atoms with Crippen molar-refractivity contribution in [2.75, 3.05) is 14.2 Å². The van der Waals surface area contributed by atoms with Crippen LogP contribution in [0.3, 0.4) is 0 Å². The summed E-state index contributed by atoms with van der Waals surface area (Å²) < 4.78 is 10.7. The zero-order valence-corrected chi connectivity index (χ0v) is 19.8. The minimum atomic E-state index is -0.905. The molecule has 0 aliphatic carbocycles. The number of aliphatic hydroxyl groups excluding tert-OH is 1. The lowest BCUT2D eigenvalue weighted by Crippen LogP contribution is -2.29. The number of benzene rings is 2. The number of carbonyl (C=O) groups excluding carboxylic acids is 2. The number of Topliss-reactive ketones (excluding diaryl/α,β-unsaturated/α-hetero) is 1. The average Bonchev–Trinajstić information content (AvgIpc) is 3.08. The van der Waals surface area contributed by atoms with Crippen molar-refractivity contribution < 1.29 is 24.2 Å². The van der Waals surface area contributed by atoms with Crippen LogP contribution < -0.4 is 9.47 Å². The number of likely N-dealkylation sites (tertiary alicyclic amines) is 1. The lowest BCUT2D eigenvalue weighted by molar-refractivity contribution is -0.140. The zero-order valence-electron chi connectivity index (χ0n) is 18.3. The van der Waals surface area contributed by atoms with Crippen LogP contribution in [0.2, 0.25) is 10.0 Å². The first-order valence-corrected chi connectivity index (χ1v) is 11.0. The Balaban J connectivity index is 1.94. The number of rotatable bonds is 6. The molecule has 9 heteroatoms. The second-order valence-corrected chi connectivity index (χ2v) is 8.38. The number of hydrogen-bond donors (Lipinski definition) is 1. The molecule has 1 atom stereocenters. The number of methoxy groups -OCH3 is 2. The van der Waals surface area contributed by atoms with Crippen LogP contribution >= 0.6 is 23.2 Å². The molecule has 1 saturated heterocycles. The minimum absolute atomic E-state index is 0.102. The molecule has 1 aromatic heterocycles. The molecule has 1 amide bonds. The molecule has 1 aliphatic heterocycles. The van der Waals surface area contributed by atoms with Crippen LogP contribution in [0.4, 0.5) is 0 Å². The van der Waals surface area contributed by atoms with E-state index in [1.807, 2.05) is 0 Å². The van der Waals surface area contributed by atoms with Gasteiger partial charge in [-0.15, -0.1) is 0 Å². The Morgan fingerprint density at radius 3 is 2.56 bits per heavy atom. The molecular formula is C25H20Cl2N2O5. The lowest BCUT2D eigenvalue weighted by atomic mass is 9.94. The number of amides is 1. The maximum atomic E-state index is 13.3. The highest BCUT2D eigenvalue weighted by Crippen LogP contribution is 2.44. The standard InChI is InChI=1S/C25H20Cl2N2O5/c1-33-17-7-3-6-15(9-17)21-20(22(30)18-10-16(26)11-19(27)24(18)34-2)23(31)25(32)29(21)13-14-5-4-8-28-12-14/h3-12,21,30H,13H2,1-2H3/b22-20+.